The van der Waals surface area contributed by atoms with Gasteiger partial charge in [0.1, 0.15) is 17.3 Å². The van der Waals surface area contributed by atoms with Crippen molar-refractivity contribution in [2.45, 2.75) is 13.0 Å². The average molecular weight is 342 g/mol. The van der Waals surface area contributed by atoms with Crippen LogP contribution >= 0.6 is 11.6 Å². The summed E-state index contributed by atoms with van der Waals surface area (Å²) in [7, 11) is 1.68. The molecule has 0 spiro atoms. The summed E-state index contributed by atoms with van der Waals surface area (Å²) in [6.07, 6.45) is 0.960. The highest BCUT2D eigenvalue weighted by atomic mass is 35.5. The number of furan rings is 1. The summed E-state index contributed by atoms with van der Waals surface area (Å²) in [6, 6.07) is 19.8. The summed E-state index contributed by atoms with van der Waals surface area (Å²) < 4.78 is 11.0. The number of ether oxygens (including phenoxy) is 1. The van der Waals surface area contributed by atoms with Crippen molar-refractivity contribution in [3.05, 3.63) is 77.0 Å². The molecule has 0 unspecified atom stereocenters. The third-order valence-electron chi connectivity index (χ3n) is 3.85. The minimum absolute atomic E-state index is 0.695. The fourth-order valence-electron chi connectivity index (χ4n) is 2.52. The summed E-state index contributed by atoms with van der Waals surface area (Å²) in [6.45, 7) is 1.58. The van der Waals surface area contributed by atoms with E-state index in [0.29, 0.717) is 11.6 Å². The number of rotatable bonds is 7. The number of hydrogen-bond acceptors (Lipinski definition) is 3. The lowest BCUT2D eigenvalue weighted by Gasteiger charge is -2.05. The van der Waals surface area contributed by atoms with E-state index >= 15 is 0 Å². The quantitative estimate of drug-likeness (QED) is 0.618. The maximum Gasteiger partial charge on any atom is 0.135 e. The largest absolute Gasteiger partial charge is 0.497 e. The molecule has 0 bridgehead atoms. The van der Waals surface area contributed by atoms with Gasteiger partial charge in [-0.2, -0.15) is 0 Å². The highest BCUT2D eigenvalue weighted by molar-refractivity contribution is 6.33. The van der Waals surface area contributed by atoms with E-state index in [4.69, 9.17) is 20.8 Å². The molecule has 0 saturated heterocycles. The second kappa shape index (κ2) is 8.04. The first-order valence-electron chi connectivity index (χ1n) is 7.93. The van der Waals surface area contributed by atoms with Crippen molar-refractivity contribution in [1.29, 1.82) is 0 Å². The zero-order chi connectivity index (χ0) is 16.8. The van der Waals surface area contributed by atoms with Crippen LogP contribution in [0.2, 0.25) is 5.02 Å². The molecule has 0 radical (unpaired) electrons. The van der Waals surface area contributed by atoms with E-state index in [0.717, 1.165) is 35.8 Å². The molecule has 3 rings (SSSR count). The SMILES string of the molecule is COc1ccc(CCNCc2ccc(-c3ccccc3Cl)o2)cc1. The first-order valence-corrected chi connectivity index (χ1v) is 8.31. The van der Waals surface area contributed by atoms with Crippen molar-refractivity contribution in [1.82, 2.24) is 5.32 Å². The van der Waals surface area contributed by atoms with E-state index in [1.807, 2.05) is 48.5 Å². The van der Waals surface area contributed by atoms with E-state index < -0.39 is 0 Å². The Hall–Kier alpha value is -2.23. The van der Waals surface area contributed by atoms with Gasteiger partial charge in [-0.05, 0) is 54.9 Å². The maximum atomic E-state index is 6.20. The van der Waals surface area contributed by atoms with Gasteiger partial charge >= 0.3 is 0 Å². The molecule has 3 aromatic rings. The van der Waals surface area contributed by atoms with E-state index in [-0.39, 0.29) is 0 Å². The van der Waals surface area contributed by atoms with Crippen molar-refractivity contribution in [3.63, 3.8) is 0 Å². The monoisotopic (exact) mass is 341 g/mol. The molecule has 2 aromatic carbocycles. The Labute approximate surface area is 147 Å². The van der Waals surface area contributed by atoms with Crippen LogP contribution in [0.1, 0.15) is 11.3 Å². The van der Waals surface area contributed by atoms with Crippen molar-refractivity contribution in [2.75, 3.05) is 13.7 Å². The lowest BCUT2D eigenvalue weighted by atomic mass is 10.1. The Morgan fingerprint density at radius 1 is 1.00 bits per heavy atom. The summed E-state index contributed by atoms with van der Waals surface area (Å²) >= 11 is 6.20. The highest BCUT2D eigenvalue weighted by Crippen LogP contribution is 2.28. The van der Waals surface area contributed by atoms with Gasteiger partial charge in [0.25, 0.3) is 0 Å². The molecule has 0 saturated carbocycles. The molecular formula is C20H20ClNO2. The summed E-state index contributed by atoms with van der Waals surface area (Å²) in [4.78, 5) is 0. The molecule has 1 aromatic heterocycles. The topological polar surface area (TPSA) is 34.4 Å². The highest BCUT2D eigenvalue weighted by Gasteiger charge is 2.07. The van der Waals surface area contributed by atoms with Gasteiger partial charge < -0.3 is 14.5 Å². The Balaban J connectivity index is 1.50. The molecule has 124 valence electrons. The molecule has 0 aliphatic heterocycles. The minimum atomic E-state index is 0.695. The number of hydrogen-bond donors (Lipinski definition) is 1. The van der Waals surface area contributed by atoms with Crippen LogP contribution in [0.15, 0.2) is 65.1 Å². The molecule has 0 atom stereocenters. The third kappa shape index (κ3) is 4.19. The molecule has 24 heavy (non-hydrogen) atoms. The predicted molar refractivity (Wildman–Crippen MR) is 97.6 cm³/mol. The minimum Gasteiger partial charge on any atom is -0.497 e. The number of nitrogens with one attached hydrogen (secondary N) is 1. The fraction of sp³-hybridized carbons (Fsp3) is 0.200. The second-order valence-corrected chi connectivity index (χ2v) is 5.93. The van der Waals surface area contributed by atoms with Crippen molar-refractivity contribution < 1.29 is 9.15 Å². The first-order chi connectivity index (χ1) is 11.8. The van der Waals surface area contributed by atoms with E-state index in [1.165, 1.54) is 5.56 Å². The normalized spacial score (nSPS) is 10.8. The molecule has 0 fully saturated rings. The lowest BCUT2D eigenvalue weighted by Crippen LogP contribution is -2.16. The second-order valence-electron chi connectivity index (χ2n) is 5.52. The van der Waals surface area contributed by atoms with Gasteiger partial charge in [-0.15, -0.1) is 0 Å². The van der Waals surface area contributed by atoms with Crippen LogP contribution < -0.4 is 10.1 Å². The molecule has 0 aliphatic rings. The van der Waals surface area contributed by atoms with Gasteiger partial charge in [0.2, 0.25) is 0 Å². The van der Waals surface area contributed by atoms with Gasteiger partial charge in [0, 0.05) is 5.56 Å². The van der Waals surface area contributed by atoms with E-state index in [1.54, 1.807) is 7.11 Å². The number of halogens is 1. The third-order valence-corrected chi connectivity index (χ3v) is 4.18. The predicted octanol–water partition coefficient (Wildman–Crippen LogP) is 4.94. The Morgan fingerprint density at radius 3 is 2.54 bits per heavy atom. The molecule has 1 heterocycles. The zero-order valence-electron chi connectivity index (χ0n) is 13.6. The summed E-state index contributed by atoms with van der Waals surface area (Å²) in [5, 5.41) is 4.10. The van der Waals surface area contributed by atoms with Crippen molar-refractivity contribution in [2.24, 2.45) is 0 Å². The molecule has 0 amide bonds. The van der Waals surface area contributed by atoms with Crippen LogP contribution in [0, 0.1) is 0 Å². The lowest BCUT2D eigenvalue weighted by molar-refractivity contribution is 0.414. The average Bonchev–Trinajstić information content (AvgIpc) is 3.08. The van der Waals surface area contributed by atoms with Crippen molar-refractivity contribution in [3.8, 4) is 17.1 Å². The van der Waals surface area contributed by atoms with Crippen molar-refractivity contribution >= 4 is 11.6 Å². The van der Waals surface area contributed by atoms with E-state index in [9.17, 15) is 0 Å². The summed E-state index contributed by atoms with van der Waals surface area (Å²) in [5.74, 6) is 2.58. The molecule has 1 N–H and O–H groups in total. The molecule has 0 aliphatic carbocycles. The van der Waals surface area contributed by atoms with E-state index in [2.05, 4.69) is 17.4 Å². The van der Waals surface area contributed by atoms with Crippen LogP contribution in [0.3, 0.4) is 0 Å². The van der Waals surface area contributed by atoms with Crippen LogP contribution in [-0.4, -0.2) is 13.7 Å². The van der Waals surface area contributed by atoms with Crippen LogP contribution in [0.4, 0.5) is 0 Å². The number of methoxy groups -OCH3 is 1. The van der Waals surface area contributed by atoms with Gasteiger partial charge in [-0.3, -0.25) is 0 Å². The number of benzene rings is 2. The molecule has 4 heteroatoms. The van der Waals surface area contributed by atoms with Crippen LogP contribution in [-0.2, 0) is 13.0 Å². The fourth-order valence-corrected chi connectivity index (χ4v) is 2.74. The first kappa shape index (κ1) is 16.6. The zero-order valence-corrected chi connectivity index (χ0v) is 14.3. The Bertz CT molecular complexity index is 780. The van der Waals surface area contributed by atoms with Gasteiger partial charge in [-0.1, -0.05) is 35.9 Å². The van der Waals surface area contributed by atoms with Gasteiger partial charge in [0.05, 0.1) is 18.7 Å². The maximum absolute atomic E-state index is 6.20. The summed E-state index contributed by atoms with van der Waals surface area (Å²) in [5.41, 5.74) is 2.20. The molecular weight excluding hydrogens is 322 g/mol. The standard InChI is InChI=1S/C20H20ClNO2/c1-23-16-8-6-15(7-9-16)12-13-22-14-17-10-11-20(24-17)18-4-2-3-5-19(18)21/h2-11,22H,12-14H2,1H3. The Morgan fingerprint density at radius 2 is 1.79 bits per heavy atom. The van der Waals surface area contributed by atoms with Crippen LogP contribution in [0.25, 0.3) is 11.3 Å². The molecule has 3 nitrogen and oxygen atoms in total. The van der Waals surface area contributed by atoms with Crippen LogP contribution in [0.5, 0.6) is 5.75 Å². The van der Waals surface area contributed by atoms with Gasteiger partial charge in [0.15, 0.2) is 0 Å². The smallest absolute Gasteiger partial charge is 0.135 e. The Kier molecular flexibility index (Phi) is 5.57. The van der Waals surface area contributed by atoms with Gasteiger partial charge in [-0.25, -0.2) is 0 Å².